The third-order valence-corrected chi connectivity index (χ3v) is 6.44. The molecule has 5 rings (SSSR count). The average molecular weight is 537 g/mol. The van der Waals surface area contributed by atoms with Crippen LogP contribution in [0.25, 0.3) is 16.9 Å². The predicted molar refractivity (Wildman–Crippen MR) is 154 cm³/mol. The number of benzene rings is 3. The summed E-state index contributed by atoms with van der Waals surface area (Å²) < 4.78 is 7.93. The van der Waals surface area contributed by atoms with E-state index in [-0.39, 0.29) is 36.8 Å². The number of carbonyl (C=O) groups is 1. The number of amides is 1. The highest BCUT2D eigenvalue weighted by Gasteiger charge is 2.29. The minimum absolute atomic E-state index is 0.0280. The van der Waals surface area contributed by atoms with Crippen molar-refractivity contribution in [3.63, 3.8) is 0 Å². The summed E-state index contributed by atoms with van der Waals surface area (Å²) in [4.78, 5) is 43.9. The van der Waals surface area contributed by atoms with Crippen LogP contribution < -0.4 is 21.9 Å². The molecule has 202 valence electrons. The zero-order valence-electron chi connectivity index (χ0n) is 21.9. The molecule has 0 atom stereocenters. The molecular formula is C30H28N6O4. The first kappa shape index (κ1) is 26.4. The molecule has 5 aromatic rings. The van der Waals surface area contributed by atoms with Crippen molar-refractivity contribution in [2.45, 2.75) is 13.1 Å². The van der Waals surface area contributed by atoms with Crippen LogP contribution in [0, 0.1) is 0 Å². The molecule has 3 N–H and O–H groups in total. The summed E-state index contributed by atoms with van der Waals surface area (Å²) >= 11 is 0. The highest BCUT2D eigenvalue weighted by molar-refractivity contribution is 6.10. The summed E-state index contributed by atoms with van der Waals surface area (Å²) in [6, 6.07) is 28.0. The molecule has 40 heavy (non-hydrogen) atoms. The van der Waals surface area contributed by atoms with Crippen LogP contribution in [0.4, 0.5) is 11.5 Å². The molecular weight excluding hydrogens is 508 g/mol. The molecule has 0 unspecified atom stereocenters. The standard InChI is InChI=1S/C30H28N6O4/c1-40-18-17-34-27(31)26(28(37)32-30(34)39)35(19-21-11-5-2-6-12-21)29(38)24-20-36(23-15-9-4-10-16-23)33-25(24)22-13-7-3-8-14-22/h2-16,20H,17-19,31H2,1H3,(H,32,37,39). The van der Waals surface area contributed by atoms with Gasteiger partial charge in [-0.2, -0.15) is 5.10 Å². The summed E-state index contributed by atoms with van der Waals surface area (Å²) in [5.41, 5.74) is 7.80. The number of para-hydroxylation sites is 1. The topological polar surface area (TPSA) is 128 Å². The fraction of sp³-hybridized carbons (Fsp3) is 0.133. The second-order valence-electron chi connectivity index (χ2n) is 9.05. The highest BCUT2D eigenvalue weighted by atomic mass is 16.5. The number of anilines is 2. The van der Waals surface area contributed by atoms with E-state index in [1.807, 2.05) is 91.0 Å². The smallest absolute Gasteiger partial charge is 0.330 e. The first-order chi connectivity index (χ1) is 19.5. The Morgan fingerprint density at radius 2 is 1.57 bits per heavy atom. The van der Waals surface area contributed by atoms with E-state index in [2.05, 4.69) is 4.98 Å². The Labute approximate surface area is 229 Å². The molecule has 0 saturated carbocycles. The van der Waals surface area contributed by atoms with Crippen molar-refractivity contribution in [3.8, 4) is 16.9 Å². The van der Waals surface area contributed by atoms with Gasteiger partial charge in [-0.15, -0.1) is 0 Å². The molecule has 2 aromatic heterocycles. The van der Waals surface area contributed by atoms with Crippen molar-refractivity contribution < 1.29 is 9.53 Å². The van der Waals surface area contributed by atoms with Crippen molar-refractivity contribution in [1.82, 2.24) is 19.3 Å². The third kappa shape index (κ3) is 5.33. The molecule has 0 radical (unpaired) electrons. The van der Waals surface area contributed by atoms with E-state index in [1.54, 1.807) is 10.9 Å². The maximum absolute atomic E-state index is 14.5. The van der Waals surface area contributed by atoms with E-state index in [9.17, 15) is 14.4 Å². The van der Waals surface area contributed by atoms with Crippen LogP contribution >= 0.6 is 0 Å². The van der Waals surface area contributed by atoms with Gasteiger partial charge < -0.3 is 10.5 Å². The van der Waals surface area contributed by atoms with E-state index < -0.39 is 17.2 Å². The molecule has 10 heteroatoms. The number of rotatable bonds is 9. The normalized spacial score (nSPS) is 10.9. The van der Waals surface area contributed by atoms with E-state index in [0.29, 0.717) is 5.69 Å². The first-order valence-electron chi connectivity index (χ1n) is 12.7. The van der Waals surface area contributed by atoms with Crippen LogP contribution in [0.3, 0.4) is 0 Å². The lowest BCUT2D eigenvalue weighted by Crippen LogP contribution is -2.41. The summed E-state index contributed by atoms with van der Waals surface area (Å²) in [5, 5.41) is 4.75. The van der Waals surface area contributed by atoms with Gasteiger partial charge in [0.1, 0.15) is 11.5 Å². The Hall–Kier alpha value is -5.22. The molecule has 10 nitrogen and oxygen atoms in total. The second-order valence-corrected chi connectivity index (χ2v) is 9.05. The largest absolute Gasteiger partial charge is 0.383 e. The maximum Gasteiger partial charge on any atom is 0.330 e. The summed E-state index contributed by atoms with van der Waals surface area (Å²) in [5.74, 6) is -0.633. The minimum Gasteiger partial charge on any atom is -0.383 e. The van der Waals surface area contributed by atoms with Gasteiger partial charge in [-0.3, -0.25) is 24.0 Å². The van der Waals surface area contributed by atoms with Gasteiger partial charge in [0.15, 0.2) is 5.69 Å². The fourth-order valence-electron chi connectivity index (χ4n) is 4.46. The highest BCUT2D eigenvalue weighted by Crippen LogP contribution is 2.28. The van der Waals surface area contributed by atoms with Gasteiger partial charge in [0.25, 0.3) is 11.5 Å². The number of nitrogens with zero attached hydrogens (tertiary/aromatic N) is 4. The van der Waals surface area contributed by atoms with Crippen LogP contribution in [0.5, 0.6) is 0 Å². The SMILES string of the molecule is COCCn1c(N)c(N(Cc2ccccc2)C(=O)c2cn(-c3ccccc3)nc2-c2ccccc2)c(=O)[nH]c1=O. The molecule has 1 amide bonds. The van der Waals surface area contributed by atoms with Crippen molar-refractivity contribution in [1.29, 1.82) is 0 Å². The van der Waals surface area contributed by atoms with E-state index >= 15 is 0 Å². The molecule has 0 bridgehead atoms. The molecule has 0 aliphatic heterocycles. The molecule has 0 saturated heterocycles. The Kier molecular flexibility index (Phi) is 7.70. The number of ether oxygens (including phenoxy) is 1. The van der Waals surface area contributed by atoms with E-state index in [1.165, 1.54) is 16.6 Å². The summed E-state index contributed by atoms with van der Waals surface area (Å²) in [7, 11) is 1.49. The lowest BCUT2D eigenvalue weighted by molar-refractivity contribution is 0.0985. The monoisotopic (exact) mass is 536 g/mol. The second kappa shape index (κ2) is 11.7. The molecule has 0 spiro atoms. The minimum atomic E-state index is -0.767. The van der Waals surface area contributed by atoms with Crippen LogP contribution in [-0.2, 0) is 17.8 Å². The number of hydrogen-bond acceptors (Lipinski definition) is 6. The number of H-pyrrole nitrogens is 1. The van der Waals surface area contributed by atoms with Crippen molar-refractivity contribution in [2.24, 2.45) is 0 Å². The zero-order chi connectivity index (χ0) is 28.1. The first-order valence-corrected chi connectivity index (χ1v) is 12.7. The van der Waals surface area contributed by atoms with Gasteiger partial charge in [0, 0.05) is 18.9 Å². The van der Waals surface area contributed by atoms with Gasteiger partial charge in [0.2, 0.25) is 0 Å². The number of aromatic amines is 1. The zero-order valence-corrected chi connectivity index (χ0v) is 21.9. The molecule has 0 aliphatic rings. The van der Waals surface area contributed by atoms with Crippen LogP contribution in [-0.4, -0.2) is 39.0 Å². The Morgan fingerprint density at radius 1 is 0.950 bits per heavy atom. The lowest BCUT2D eigenvalue weighted by Gasteiger charge is -2.24. The van der Waals surface area contributed by atoms with E-state index in [4.69, 9.17) is 15.6 Å². The Balaban J connectivity index is 1.70. The van der Waals surface area contributed by atoms with Crippen LogP contribution in [0.1, 0.15) is 15.9 Å². The average Bonchev–Trinajstić information content (AvgIpc) is 3.43. The number of aromatic nitrogens is 4. The van der Waals surface area contributed by atoms with Crippen molar-refractivity contribution >= 4 is 17.4 Å². The van der Waals surface area contributed by atoms with Gasteiger partial charge in [-0.25, -0.2) is 9.48 Å². The lowest BCUT2D eigenvalue weighted by atomic mass is 10.1. The number of carbonyl (C=O) groups excluding carboxylic acids is 1. The van der Waals surface area contributed by atoms with Gasteiger partial charge in [-0.1, -0.05) is 78.9 Å². The fourth-order valence-corrected chi connectivity index (χ4v) is 4.46. The summed E-state index contributed by atoms with van der Waals surface area (Å²) in [6.07, 6.45) is 1.64. The third-order valence-electron chi connectivity index (χ3n) is 6.44. The number of nitrogen functional groups attached to an aromatic ring is 1. The van der Waals surface area contributed by atoms with Gasteiger partial charge in [0.05, 0.1) is 30.9 Å². The maximum atomic E-state index is 14.5. The number of nitrogens with two attached hydrogens (primary N) is 1. The van der Waals surface area contributed by atoms with Gasteiger partial charge in [-0.05, 0) is 17.7 Å². The van der Waals surface area contributed by atoms with Crippen LogP contribution in [0.2, 0.25) is 0 Å². The molecule has 0 aliphatic carbocycles. The molecule has 3 aromatic carbocycles. The molecule has 2 heterocycles. The van der Waals surface area contributed by atoms with Crippen molar-refractivity contribution in [3.05, 3.63) is 129 Å². The van der Waals surface area contributed by atoms with Crippen molar-refractivity contribution in [2.75, 3.05) is 24.4 Å². The Bertz CT molecular complexity index is 1730. The van der Waals surface area contributed by atoms with Gasteiger partial charge >= 0.3 is 5.69 Å². The van der Waals surface area contributed by atoms with Crippen LogP contribution in [0.15, 0.2) is 107 Å². The summed E-state index contributed by atoms with van der Waals surface area (Å²) in [6.45, 7) is 0.309. The predicted octanol–water partition coefficient (Wildman–Crippen LogP) is 3.46. The molecule has 0 fully saturated rings. The number of hydrogen-bond donors (Lipinski definition) is 2. The number of nitrogens with one attached hydrogen (secondary N) is 1. The Morgan fingerprint density at radius 3 is 2.23 bits per heavy atom. The quantitative estimate of drug-likeness (QED) is 0.297. The number of methoxy groups -OCH3 is 1. The van der Waals surface area contributed by atoms with E-state index in [0.717, 1.165) is 16.8 Å².